The molecule has 8 nitrogen and oxygen atoms in total. The van der Waals surface area contributed by atoms with Crippen molar-refractivity contribution in [3.63, 3.8) is 0 Å². The molecule has 0 radical (unpaired) electrons. The van der Waals surface area contributed by atoms with Crippen molar-refractivity contribution in [3.05, 3.63) is 66.0 Å². The lowest BCUT2D eigenvalue weighted by Gasteiger charge is -2.10. The van der Waals surface area contributed by atoms with Crippen molar-refractivity contribution < 1.29 is 8.91 Å². The van der Waals surface area contributed by atoms with Crippen LogP contribution in [0.3, 0.4) is 0 Å². The average molecular weight is 549 g/mol. The monoisotopic (exact) mass is 549 g/mol. The van der Waals surface area contributed by atoms with Crippen molar-refractivity contribution in [1.29, 1.82) is 0 Å². The average Bonchev–Trinajstić information content (AvgIpc) is 3.41. The molecule has 4 aromatic rings. The van der Waals surface area contributed by atoms with Crippen LogP contribution in [0.2, 0.25) is 0 Å². The summed E-state index contributed by atoms with van der Waals surface area (Å²) in [7, 11) is 0. The Kier molecular flexibility index (Phi) is 8.54. The maximum Gasteiger partial charge on any atom is 0.276 e. The number of aromatic nitrogens is 4. The van der Waals surface area contributed by atoms with Crippen molar-refractivity contribution >= 4 is 40.8 Å². The lowest BCUT2D eigenvalue weighted by molar-refractivity contribution is 0.421. The quantitative estimate of drug-likeness (QED) is 0.176. The summed E-state index contributed by atoms with van der Waals surface area (Å²) in [4.78, 5) is 16.3. The molecule has 0 saturated heterocycles. The van der Waals surface area contributed by atoms with Crippen LogP contribution in [0.25, 0.3) is 22.5 Å². The second-order valence-electron chi connectivity index (χ2n) is 6.92. The number of pyridine rings is 1. The first-order valence-electron chi connectivity index (χ1n) is 10.2. The number of fused-ring (bicyclic) bond motifs is 1. The molecule has 0 atom stereocenters. The summed E-state index contributed by atoms with van der Waals surface area (Å²) in [6.45, 7) is 3.99. The summed E-state index contributed by atoms with van der Waals surface area (Å²) in [6.07, 6.45) is 4.95. The van der Waals surface area contributed by atoms with E-state index in [9.17, 15) is 4.39 Å². The van der Waals surface area contributed by atoms with Gasteiger partial charge in [-0.15, -0.1) is 24.0 Å². The first kappa shape index (κ1) is 23.6. The van der Waals surface area contributed by atoms with Gasteiger partial charge in [0.1, 0.15) is 11.5 Å². The summed E-state index contributed by atoms with van der Waals surface area (Å²) >= 11 is 0. The molecule has 4 rings (SSSR count). The molecule has 0 aliphatic rings. The van der Waals surface area contributed by atoms with Crippen LogP contribution in [0, 0.1) is 5.82 Å². The van der Waals surface area contributed by atoms with Gasteiger partial charge in [0.2, 0.25) is 0 Å². The zero-order valence-electron chi connectivity index (χ0n) is 17.6. The molecule has 0 unspecified atom stereocenters. The maximum absolute atomic E-state index is 13.3. The number of nitrogens with one attached hydrogen (secondary N) is 3. The van der Waals surface area contributed by atoms with Crippen LogP contribution in [0.15, 0.2) is 58.3 Å². The van der Waals surface area contributed by atoms with Crippen molar-refractivity contribution in [3.8, 4) is 11.6 Å². The number of nitrogens with zero attached hydrogens (tertiary/aromatic N) is 4. The van der Waals surface area contributed by atoms with Crippen molar-refractivity contribution in [1.82, 2.24) is 30.7 Å². The van der Waals surface area contributed by atoms with E-state index in [1.54, 1.807) is 12.3 Å². The number of guanidine groups is 1. The fourth-order valence-corrected chi connectivity index (χ4v) is 3.24. The lowest BCUT2D eigenvalue weighted by atomic mass is 10.1. The molecular formula is C22H25FIN7O. The Balaban J connectivity index is 0.00000289. The highest BCUT2D eigenvalue weighted by Crippen LogP contribution is 2.19. The largest absolute Gasteiger partial charge is 0.361 e. The Morgan fingerprint density at radius 2 is 2.09 bits per heavy atom. The van der Waals surface area contributed by atoms with Gasteiger partial charge in [-0.05, 0) is 49.2 Å². The Morgan fingerprint density at radius 1 is 1.19 bits per heavy atom. The van der Waals surface area contributed by atoms with Gasteiger partial charge in [0.25, 0.3) is 5.89 Å². The highest BCUT2D eigenvalue weighted by atomic mass is 127. The maximum atomic E-state index is 13.3. The topological polar surface area (TPSA) is 104 Å². The molecule has 0 spiro atoms. The molecule has 0 aliphatic heterocycles. The minimum absolute atomic E-state index is 0. The summed E-state index contributed by atoms with van der Waals surface area (Å²) in [5.74, 6) is 1.48. The third kappa shape index (κ3) is 6.02. The molecule has 0 amide bonds. The van der Waals surface area contributed by atoms with E-state index in [1.807, 2.05) is 31.3 Å². The van der Waals surface area contributed by atoms with Crippen molar-refractivity contribution in [2.45, 2.75) is 19.8 Å². The smallest absolute Gasteiger partial charge is 0.276 e. The van der Waals surface area contributed by atoms with Crippen LogP contribution in [0.4, 0.5) is 4.39 Å². The number of halogens is 2. The minimum atomic E-state index is -0.241. The van der Waals surface area contributed by atoms with Gasteiger partial charge in [-0.3, -0.25) is 9.98 Å². The third-order valence-corrected chi connectivity index (χ3v) is 4.72. The molecule has 10 heteroatoms. The number of H-pyrrole nitrogens is 1. The Hall–Kier alpha value is -3.02. The number of rotatable bonds is 8. The van der Waals surface area contributed by atoms with Gasteiger partial charge in [-0.2, -0.15) is 4.98 Å². The van der Waals surface area contributed by atoms with E-state index in [-0.39, 0.29) is 29.8 Å². The number of hydrogen-bond donors (Lipinski definition) is 3. The normalized spacial score (nSPS) is 11.4. The van der Waals surface area contributed by atoms with Gasteiger partial charge < -0.3 is 20.1 Å². The van der Waals surface area contributed by atoms with Gasteiger partial charge in [-0.25, -0.2) is 4.39 Å². The highest BCUT2D eigenvalue weighted by Gasteiger charge is 2.09. The molecule has 32 heavy (non-hydrogen) atoms. The summed E-state index contributed by atoms with van der Waals surface area (Å²) in [5, 5.41) is 11.6. The van der Waals surface area contributed by atoms with Gasteiger partial charge in [0, 0.05) is 49.4 Å². The van der Waals surface area contributed by atoms with Gasteiger partial charge in [0.05, 0.1) is 0 Å². The zero-order chi connectivity index (χ0) is 21.5. The predicted octanol–water partition coefficient (Wildman–Crippen LogP) is 3.71. The van der Waals surface area contributed by atoms with Crippen molar-refractivity contribution in [2.75, 3.05) is 19.6 Å². The summed E-state index contributed by atoms with van der Waals surface area (Å²) in [6, 6.07) is 10.3. The summed E-state index contributed by atoms with van der Waals surface area (Å²) in [5.41, 5.74) is 2.59. The number of aliphatic imine (C=N–C) groups is 1. The molecule has 0 aliphatic carbocycles. The molecule has 3 N–H and O–H groups in total. The van der Waals surface area contributed by atoms with E-state index in [4.69, 9.17) is 4.52 Å². The molecule has 0 saturated carbocycles. The first-order valence-corrected chi connectivity index (χ1v) is 10.2. The zero-order valence-corrected chi connectivity index (χ0v) is 20.0. The van der Waals surface area contributed by atoms with Crippen LogP contribution in [0.1, 0.15) is 18.3 Å². The van der Waals surface area contributed by atoms with E-state index < -0.39 is 0 Å². The van der Waals surface area contributed by atoms with Crippen molar-refractivity contribution in [2.24, 2.45) is 4.99 Å². The van der Waals surface area contributed by atoms with E-state index in [0.29, 0.717) is 36.9 Å². The molecule has 168 valence electrons. The van der Waals surface area contributed by atoms with Crippen LogP contribution in [-0.4, -0.2) is 45.7 Å². The fraction of sp³-hybridized carbons (Fsp3) is 0.273. The molecule has 0 fully saturated rings. The second-order valence-corrected chi connectivity index (χ2v) is 6.92. The van der Waals surface area contributed by atoms with Gasteiger partial charge in [0.15, 0.2) is 11.8 Å². The molecule has 3 aromatic heterocycles. The molecular weight excluding hydrogens is 524 g/mol. The molecule has 0 bridgehead atoms. The molecule has 3 heterocycles. The fourth-order valence-electron chi connectivity index (χ4n) is 3.24. The Bertz CT molecular complexity index is 1160. The van der Waals surface area contributed by atoms with Crippen LogP contribution in [-0.2, 0) is 12.8 Å². The van der Waals surface area contributed by atoms with E-state index in [0.717, 1.165) is 35.4 Å². The van der Waals surface area contributed by atoms with Gasteiger partial charge in [-0.1, -0.05) is 11.2 Å². The van der Waals surface area contributed by atoms with Gasteiger partial charge >= 0.3 is 0 Å². The summed E-state index contributed by atoms with van der Waals surface area (Å²) < 4.78 is 18.6. The number of benzene rings is 1. The lowest BCUT2D eigenvalue weighted by Crippen LogP contribution is -2.38. The Morgan fingerprint density at radius 3 is 2.91 bits per heavy atom. The van der Waals surface area contributed by atoms with Crippen LogP contribution >= 0.6 is 24.0 Å². The highest BCUT2D eigenvalue weighted by molar-refractivity contribution is 14.0. The van der Waals surface area contributed by atoms with E-state index >= 15 is 0 Å². The second kappa shape index (κ2) is 11.6. The van der Waals surface area contributed by atoms with E-state index in [2.05, 4.69) is 35.7 Å². The van der Waals surface area contributed by atoms with Crippen LogP contribution in [0.5, 0.6) is 0 Å². The Labute approximate surface area is 202 Å². The standard InChI is InChI=1S/C22H24FN7O.HI/c1-2-24-22(26-11-8-15-14-28-19-13-16(23)6-7-17(15)19)27-12-9-20-29-21(31-30-20)18-5-3-4-10-25-18;/h3-7,10,13-14,28H,2,8-9,11-12H2,1H3,(H2,24,26,27);1H. The SMILES string of the molecule is CCNC(=NCCc1noc(-c2ccccn2)n1)NCCc1c[nH]c2cc(F)ccc12.I. The number of hydrogen-bond acceptors (Lipinski definition) is 5. The minimum Gasteiger partial charge on any atom is -0.361 e. The van der Waals surface area contributed by atoms with Crippen LogP contribution < -0.4 is 10.6 Å². The number of aromatic amines is 1. The first-order chi connectivity index (χ1) is 15.2. The third-order valence-electron chi connectivity index (χ3n) is 4.72. The van der Waals surface area contributed by atoms with E-state index in [1.165, 1.54) is 12.1 Å². The predicted molar refractivity (Wildman–Crippen MR) is 133 cm³/mol. The molecule has 1 aromatic carbocycles.